The summed E-state index contributed by atoms with van der Waals surface area (Å²) < 4.78 is 0. The van der Waals surface area contributed by atoms with Crippen molar-refractivity contribution in [2.24, 2.45) is 11.3 Å². The van der Waals surface area contributed by atoms with E-state index in [0.29, 0.717) is 5.41 Å². The second kappa shape index (κ2) is 5.66. The zero-order valence-corrected chi connectivity index (χ0v) is 11.2. The molecule has 86 valence electrons. The fourth-order valence-corrected chi connectivity index (χ4v) is 2.05. The highest BCUT2D eigenvalue weighted by molar-refractivity contribution is 7.09. The summed E-state index contributed by atoms with van der Waals surface area (Å²) in [6.45, 7) is 11.4. The van der Waals surface area contributed by atoms with Gasteiger partial charge < -0.3 is 5.32 Å². The predicted molar refractivity (Wildman–Crippen MR) is 69.3 cm³/mol. The largest absolute Gasteiger partial charge is 0.312 e. The van der Waals surface area contributed by atoms with Crippen molar-refractivity contribution in [1.29, 1.82) is 0 Å². The third-order valence-electron chi connectivity index (χ3n) is 3.11. The molecule has 1 aromatic rings. The molecule has 1 unspecified atom stereocenters. The van der Waals surface area contributed by atoms with Gasteiger partial charge in [-0.1, -0.05) is 33.8 Å². The molecule has 1 N–H and O–H groups in total. The first kappa shape index (κ1) is 12.7. The monoisotopic (exact) mass is 225 g/mol. The number of hydrogen-bond acceptors (Lipinski definition) is 2. The van der Waals surface area contributed by atoms with E-state index < -0.39 is 0 Å². The van der Waals surface area contributed by atoms with Gasteiger partial charge in [-0.3, -0.25) is 0 Å². The molecule has 0 aliphatic rings. The lowest BCUT2D eigenvalue weighted by atomic mass is 9.80. The third-order valence-corrected chi connectivity index (χ3v) is 3.99. The molecule has 1 aromatic heterocycles. The summed E-state index contributed by atoms with van der Waals surface area (Å²) in [5.74, 6) is 0.772. The summed E-state index contributed by atoms with van der Waals surface area (Å²) in [7, 11) is 0. The average Bonchev–Trinajstić information content (AvgIpc) is 2.63. The van der Waals surface area contributed by atoms with Gasteiger partial charge in [0.25, 0.3) is 0 Å². The zero-order chi connectivity index (χ0) is 11.3. The SMILES string of the molecule is CC(CCNCc1cccs1)C(C)(C)C. The van der Waals surface area contributed by atoms with Crippen LogP contribution in [0.3, 0.4) is 0 Å². The van der Waals surface area contributed by atoms with Crippen LogP contribution >= 0.6 is 11.3 Å². The first-order valence-electron chi connectivity index (χ1n) is 5.73. The Balaban J connectivity index is 2.12. The molecule has 0 aromatic carbocycles. The fourth-order valence-electron chi connectivity index (χ4n) is 1.38. The van der Waals surface area contributed by atoms with Crippen molar-refractivity contribution in [3.05, 3.63) is 22.4 Å². The van der Waals surface area contributed by atoms with E-state index in [1.165, 1.54) is 11.3 Å². The lowest BCUT2D eigenvalue weighted by molar-refractivity contribution is 0.245. The highest BCUT2D eigenvalue weighted by Crippen LogP contribution is 2.27. The molecule has 1 rings (SSSR count). The van der Waals surface area contributed by atoms with Crippen LogP contribution in [0.2, 0.25) is 0 Å². The summed E-state index contributed by atoms with van der Waals surface area (Å²) >= 11 is 1.82. The lowest BCUT2D eigenvalue weighted by Crippen LogP contribution is -2.23. The Morgan fingerprint density at radius 2 is 2.13 bits per heavy atom. The second-order valence-electron chi connectivity index (χ2n) is 5.31. The van der Waals surface area contributed by atoms with E-state index in [1.54, 1.807) is 0 Å². The first-order chi connectivity index (χ1) is 7.00. The maximum atomic E-state index is 3.50. The minimum Gasteiger partial charge on any atom is -0.312 e. The highest BCUT2D eigenvalue weighted by Gasteiger charge is 2.18. The Bertz CT molecular complexity index is 259. The van der Waals surface area contributed by atoms with Crippen molar-refractivity contribution in [1.82, 2.24) is 5.32 Å². The Morgan fingerprint density at radius 3 is 2.67 bits per heavy atom. The standard InChI is InChI=1S/C13H23NS/c1-11(13(2,3)4)7-8-14-10-12-6-5-9-15-12/h5-6,9,11,14H,7-8,10H2,1-4H3. The van der Waals surface area contributed by atoms with Gasteiger partial charge in [-0.2, -0.15) is 0 Å². The van der Waals surface area contributed by atoms with E-state index in [-0.39, 0.29) is 0 Å². The van der Waals surface area contributed by atoms with Crippen molar-refractivity contribution >= 4 is 11.3 Å². The number of rotatable bonds is 5. The number of nitrogens with one attached hydrogen (secondary N) is 1. The van der Waals surface area contributed by atoms with E-state index >= 15 is 0 Å². The van der Waals surface area contributed by atoms with Gasteiger partial charge in [0.15, 0.2) is 0 Å². The lowest BCUT2D eigenvalue weighted by Gasteiger charge is -2.27. The van der Waals surface area contributed by atoms with Gasteiger partial charge >= 0.3 is 0 Å². The molecule has 0 aliphatic carbocycles. The van der Waals surface area contributed by atoms with Crippen molar-refractivity contribution in [3.8, 4) is 0 Å². The third kappa shape index (κ3) is 4.80. The Kier molecular flexibility index (Phi) is 4.81. The first-order valence-corrected chi connectivity index (χ1v) is 6.61. The summed E-state index contributed by atoms with van der Waals surface area (Å²) in [5, 5.41) is 5.63. The Hall–Kier alpha value is -0.340. The maximum absolute atomic E-state index is 3.50. The number of hydrogen-bond donors (Lipinski definition) is 1. The van der Waals surface area contributed by atoms with E-state index in [0.717, 1.165) is 19.0 Å². The van der Waals surface area contributed by atoms with Gasteiger partial charge in [0.05, 0.1) is 0 Å². The average molecular weight is 225 g/mol. The highest BCUT2D eigenvalue weighted by atomic mass is 32.1. The van der Waals surface area contributed by atoms with Gasteiger partial charge in [0.1, 0.15) is 0 Å². The molecule has 1 nitrogen and oxygen atoms in total. The van der Waals surface area contributed by atoms with Gasteiger partial charge in [-0.15, -0.1) is 11.3 Å². The van der Waals surface area contributed by atoms with Crippen molar-refractivity contribution in [2.45, 2.75) is 40.7 Å². The minimum absolute atomic E-state index is 0.435. The molecule has 0 saturated heterocycles. The smallest absolute Gasteiger partial charge is 0.0299 e. The maximum Gasteiger partial charge on any atom is 0.0299 e. The molecule has 0 spiro atoms. The fraction of sp³-hybridized carbons (Fsp3) is 0.692. The van der Waals surface area contributed by atoms with Crippen LogP contribution in [-0.2, 0) is 6.54 Å². The second-order valence-corrected chi connectivity index (χ2v) is 6.34. The molecule has 15 heavy (non-hydrogen) atoms. The van der Waals surface area contributed by atoms with Crippen LogP contribution in [0, 0.1) is 11.3 Å². The topological polar surface area (TPSA) is 12.0 Å². The predicted octanol–water partition coefficient (Wildman–Crippen LogP) is 3.91. The molecule has 0 fully saturated rings. The van der Waals surface area contributed by atoms with E-state index in [9.17, 15) is 0 Å². The summed E-state index contributed by atoms with van der Waals surface area (Å²) in [5.41, 5.74) is 0.435. The normalized spacial score (nSPS) is 14.1. The van der Waals surface area contributed by atoms with E-state index in [2.05, 4.69) is 50.5 Å². The van der Waals surface area contributed by atoms with Gasteiger partial charge in [0, 0.05) is 11.4 Å². The molecule has 1 heterocycles. The van der Waals surface area contributed by atoms with Crippen molar-refractivity contribution in [2.75, 3.05) is 6.54 Å². The van der Waals surface area contributed by atoms with Gasteiger partial charge in [-0.25, -0.2) is 0 Å². The molecular formula is C13H23NS. The minimum atomic E-state index is 0.435. The van der Waals surface area contributed by atoms with Crippen molar-refractivity contribution < 1.29 is 0 Å². The molecule has 2 heteroatoms. The summed E-state index contributed by atoms with van der Waals surface area (Å²) in [4.78, 5) is 1.43. The molecule has 0 saturated carbocycles. The van der Waals surface area contributed by atoms with Crippen LogP contribution in [0.15, 0.2) is 17.5 Å². The molecule has 0 bridgehead atoms. The zero-order valence-electron chi connectivity index (χ0n) is 10.3. The quantitative estimate of drug-likeness (QED) is 0.749. The molecular weight excluding hydrogens is 202 g/mol. The Labute approximate surface area is 97.9 Å². The molecule has 0 radical (unpaired) electrons. The van der Waals surface area contributed by atoms with E-state index in [4.69, 9.17) is 0 Å². The van der Waals surface area contributed by atoms with Crippen LogP contribution in [0.1, 0.15) is 39.0 Å². The van der Waals surface area contributed by atoms with Crippen LogP contribution in [0.25, 0.3) is 0 Å². The molecule has 1 atom stereocenters. The van der Waals surface area contributed by atoms with E-state index in [1.807, 2.05) is 11.3 Å². The van der Waals surface area contributed by atoms with Gasteiger partial charge in [0.2, 0.25) is 0 Å². The summed E-state index contributed by atoms with van der Waals surface area (Å²) in [6.07, 6.45) is 1.26. The van der Waals surface area contributed by atoms with Crippen molar-refractivity contribution in [3.63, 3.8) is 0 Å². The summed E-state index contributed by atoms with van der Waals surface area (Å²) in [6, 6.07) is 4.30. The van der Waals surface area contributed by atoms with Gasteiger partial charge in [-0.05, 0) is 35.7 Å². The molecule has 0 amide bonds. The molecule has 0 aliphatic heterocycles. The number of thiophene rings is 1. The Morgan fingerprint density at radius 1 is 1.40 bits per heavy atom. The van der Waals surface area contributed by atoms with Crippen LogP contribution in [-0.4, -0.2) is 6.54 Å². The van der Waals surface area contributed by atoms with Crippen LogP contribution in [0.5, 0.6) is 0 Å². The van der Waals surface area contributed by atoms with Crippen LogP contribution < -0.4 is 5.32 Å². The van der Waals surface area contributed by atoms with Crippen LogP contribution in [0.4, 0.5) is 0 Å².